The molecule has 1 aromatic rings. The molecule has 0 saturated carbocycles. The van der Waals surface area contributed by atoms with Crippen LogP contribution in [0.5, 0.6) is 0 Å². The highest BCUT2D eigenvalue weighted by molar-refractivity contribution is 7.99. The normalized spacial score (nSPS) is 24.8. The van der Waals surface area contributed by atoms with Gasteiger partial charge in [0.15, 0.2) is 24.1 Å². The molecule has 0 spiro atoms. The molecule has 1 aliphatic heterocycles. The van der Waals surface area contributed by atoms with Gasteiger partial charge in [-0.05, 0) is 29.9 Å². The van der Waals surface area contributed by atoms with Gasteiger partial charge in [-0.15, -0.1) is 0 Å². The number of aliphatic hydroxyl groups is 8. The molecule has 47 heavy (non-hydrogen) atoms. The number of rotatable bonds is 21. The Morgan fingerprint density at radius 1 is 1.04 bits per heavy atom. The van der Waals surface area contributed by atoms with Crippen LogP contribution in [0.1, 0.15) is 70.4 Å². The smallest absolute Gasteiger partial charge is 0.251 e. The Morgan fingerprint density at radius 3 is 2.30 bits per heavy atom. The van der Waals surface area contributed by atoms with E-state index in [4.69, 9.17) is 9.47 Å². The van der Waals surface area contributed by atoms with E-state index in [0.717, 1.165) is 16.9 Å². The topological polar surface area (TPSA) is 235 Å². The number of thioether (sulfide) groups is 1. The van der Waals surface area contributed by atoms with Crippen molar-refractivity contribution in [1.82, 2.24) is 5.32 Å². The van der Waals surface area contributed by atoms with Crippen molar-refractivity contribution < 1.29 is 59.9 Å². The summed E-state index contributed by atoms with van der Waals surface area (Å²) in [5.41, 5.74) is 0.670. The maximum atomic E-state index is 12.9. The van der Waals surface area contributed by atoms with E-state index in [1.54, 1.807) is 36.0 Å². The van der Waals surface area contributed by atoms with Crippen LogP contribution in [0.3, 0.4) is 0 Å². The number of ether oxygens (including phenoxy) is 2. The van der Waals surface area contributed by atoms with Gasteiger partial charge < -0.3 is 60.8 Å². The van der Waals surface area contributed by atoms with Gasteiger partial charge in [0, 0.05) is 26.0 Å². The first-order chi connectivity index (χ1) is 22.3. The van der Waals surface area contributed by atoms with Gasteiger partial charge in [0.25, 0.3) is 5.91 Å². The Kier molecular flexibility index (Phi) is 18.1. The zero-order valence-corrected chi connectivity index (χ0v) is 28.2. The fourth-order valence-electron chi connectivity index (χ4n) is 4.87. The maximum absolute atomic E-state index is 12.9. The van der Waals surface area contributed by atoms with Gasteiger partial charge in [0.1, 0.15) is 42.7 Å². The van der Waals surface area contributed by atoms with Gasteiger partial charge in [-0.3, -0.25) is 4.79 Å². The number of carbonyl (C=O) groups excluding carboxylic acids is 1. The molecular weight excluding hydrogens is 636 g/mol. The minimum atomic E-state index is -2.17. The van der Waals surface area contributed by atoms with Crippen LogP contribution in [-0.4, -0.2) is 143 Å². The molecule has 1 fully saturated rings. The van der Waals surface area contributed by atoms with Crippen molar-refractivity contribution in [2.45, 2.75) is 127 Å². The average molecular weight is 691 g/mol. The van der Waals surface area contributed by atoms with Crippen molar-refractivity contribution in [2.75, 3.05) is 24.7 Å². The molecule has 15 heteroatoms. The van der Waals surface area contributed by atoms with E-state index in [0.29, 0.717) is 16.9 Å². The first-order valence-electron chi connectivity index (χ1n) is 16.1. The molecule has 0 bridgehead atoms. The Bertz CT molecular complexity index is 1080. The highest BCUT2D eigenvalue weighted by Crippen LogP contribution is 2.25. The number of amides is 1. The van der Waals surface area contributed by atoms with Crippen LogP contribution in [-0.2, 0) is 20.8 Å². The van der Waals surface area contributed by atoms with E-state index in [1.807, 2.05) is 13.8 Å². The fourth-order valence-corrected chi connectivity index (χ4v) is 6.05. The molecule has 1 aliphatic rings. The molecule has 1 saturated heterocycles. The average Bonchev–Trinajstić information content (AvgIpc) is 3.06. The van der Waals surface area contributed by atoms with Crippen LogP contribution in [0, 0.1) is 5.21 Å². The lowest BCUT2D eigenvalue weighted by molar-refractivity contribution is -0.528. The second kappa shape index (κ2) is 20.6. The zero-order valence-electron chi connectivity index (χ0n) is 27.4. The Morgan fingerprint density at radius 2 is 1.68 bits per heavy atom. The van der Waals surface area contributed by atoms with E-state index >= 15 is 0 Å². The largest absolute Gasteiger partial charge is 0.623 e. The van der Waals surface area contributed by atoms with Gasteiger partial charge in [0.2, 0.25) is 0 Å². The molecule has 0 aromatic heterocycles. The van der Waals surface area contributed by atoms with Gasteiger partial charge >= 0.3 is 0 Å². The predicted molar refractivity (Wildman–Crippen MR) is 176 cm³/mol. The number of carbonyl (C=O) groups is 1. The van der Waals surface area contributed by atoms with Crippen molar-refractivity contribution in [1.29, 1.82) is 0 Å². The van der Waals surface area contributed by atoms with Crippen LogP contribution in [0.2, 0.25) is 0 Å². The second-order valence-electron chi connectivity index (χ2n) is 12.5. The number of aliphatic hydroxyl groups excluding tert-OH is 8. The third-order valence-electron chi connectivity index (χ3n) is 8.04. The highest BCUT2D eigenvalue weighted by atomic mass is 32.2. The standard InChI is InChI=1S/C32H54N2O12S/c1-4-5-6-7-8-9-14-47-19-32(2,3)34(44)16-21-12-10-20(11-13-21)15-33-30(43)27(41)26(40)29(22(37)17-35)46-31-28(42)25(39)24(38)23(18-36)45-31/h10-13,16,22-29,31,35-42H,4-9,14-15,17-19H2,1-3H3,(H,33,43)/b34-16+/t22-,23-,24+,25+,26-,27-,28-,29?,31+/m1/s1. The summed E-state index contributed by atoms with van der Waals surface area (Å²) in [6.45, 7) is 4.18. The lowest BCUT2D eigenvalue weighted by Crippen LogP contribution is -2.62. The van der Waals surface area contributed by atoms with Gasteiger partial charge in [0.05, 0.1) is 19.0 Å². The zero-order chi connectivity index (χ0) is 35.1. The quantitative estimate of drug-likeness (QED) is 0.0257. The predicted octanol–water partition coefficient (Wildman–Crippen LogP) is -0.636. The summed E-state index contributed by atoms with van der Waals surface area (Å²) in [4.78, 5) is 12.7. The molecule has 1 aromatic carbocycles. The summed E-state index contributed by atoms with van der Waals surface area (Å²) in [5.74, 6) is 0.652. The number of benzene rings is 1. The molecule has 1 amide bonds. The first-order valence-corrected chi connectivity index (χ1v) is 17.3. The SMILES string of the molecule is CCCCCCCCSCC(C)(C)/[N+]([O-])=C\c1ccc(CNC(=O)[C@H](O)[C@@H](O)C(O[C@@H]2O[C@H](CO)[C@H](O)[C@H](O)[C@H]2O)[C@H](O)CO)cc1. The fraction of sp³-hybridized carbons (Fsp3) is 0.750. The summed E-state index contributed by atoms with van der Waals surface area (Å²) < 4.78 is 11.5. The van der Waals surface area contributed by atoms with Gasteiger partial charge in [-0.25, -0.2) is 4.74 Å². The van der Waals surface area contributed by atoms with Crippen molar-refractivity contribution in [3.05, 3.63) is 40.6 Å². The summed E-state index contributed by atoms with van der Waals surface area (Å²) in [6.07, 6.45) is -7.78. The lowest BCUT2D eigenvalue weighted by atomic mass is 9.98. The van der Waals surface area contributed by atoms with Crippen LogP contribution < -0.4 is 5.32 Å². The summed E-state index contributed by atoms with van der Waals surface area (Å²) in [7, 11) is 0. The van der Waals surface area contributed by atoms with Crippen molar-refractivity contribution in [3.8, 4) is 0 Å². The first kappa shape index (κ1) is 41.3. The molecule has 270 valence electrons. The molecule has 2 rings (SSSR count). The number of nitrogens with zero attached hydrogens (tertiary/aromatic N) is 1. The Balaban J connectivity index is 1.92. The summed E-state index contributed by atoms with van der Waals surface area (Å²) >= 11 is 1.77. The molecule has 0 aliphatic carbocycles. The minimum Gasteiger partial charge on any atom is -0.623 e. The molecule has 14 nitrogen and oxygen atoms in total. The third-order valence-corrected chi connectivity index (χ3v) is 9.53. The molecule has 1 heterocycles. The summed E-state index contributed by atoms with van der Waals surface area (Å²) in [6, 6.07) is 6.78. The van der Waals surface area contributed by atoms with Crippen molar-refractivity contribution in [3.63, 3.8) is 0 Å². The number of hydrogen-bond donors (Lipinski definition) is 9. The van der Waals surface area contributed by atoms with E-state index in [1.165, 1.54) is 38.3 Å². The molecule has 0 radical (unpaired) electrons. The molecule has 9 N–H and O–H groups in total. The van der Waals surface area contributed by atoms with Crippen LogP contribution in [0.15, 0.2) is 24.3 Å². The van der Waals surface area contributed by atoms with Gasteiger partial charge in [-0.1, -0.05) is 51.2 Å². The lowest BCUT2D eigenvalue weighted by Gasteiger charge is -2.42. The highest BCUT2D eigenvalue weighted by Gasteiger charge is 2.47. The Hall–Kier alpha value is -1.89. The third kappa shape index (κ3) is 12.8. The van der Waals surface area contributed by atoms with Crippen molar-refractivity contribution >= 4 is 23.9 Å². The number of nitrogens with one attached hydrogen (secondary N) is 1. The monoisotopic (exact) mass is 690 g/mol. The van der Waals surface area contributed by atoms with Crippen LogP contribution in [0.25, 0.3) is 0 Å². The van der Waals surface area contributed by atoms with E-state index in [2.05, 4.69) is 12.2 Å². The van der Waals surface area contributed by atoms with E-state index in [9.17, 15) is 50.9 Å². The number of hydroxylamine groups is 1. The van der Waals surface area contributed by atoms with Crippen molar-refractivity contribution in [2.24, 2.45) is 0 Å². The minimum absolute atomic E-state index is 0.0641. The van der Waals surface area contributed by atoms with Crippen LogP contribution in [0.4, 0.5) is 0 Å². The van der Waals surface area contributed by atoms with Crippen LogP contribution >= 0.6 is 11.8 Å². The molecule has 9 atom stereocenters. The van der Waals surface area contributed by atoms with Gasteiger partial charge in [-0.2, -0.15) is 11.8 Å². The van der Waals surface area contributed by atoms with E-state index in [-0.39, 0.29) is 6.54 Å². The number of unbranched alkanes of at least 4 members (excludes halogenated alkanes) is 5. The van der Waals surface area contributed by atoms with E-state index < -0.39 is 79.8 Å². The summed E-state index contributed by atoms with van der Waals surface area (Å²) in [5, 5.41) is 95.7. The maximum Gasteiger partial charge on any atom is 0.251 e. The molecule has 1 unspecified atom stereocenters. The number of hydrogen-bond acceptors (Lipinski definition) is 13. The Labute approximate surface area is 280 Å². The molecular formula is C32H54N2O12S. The second-order valence-corrected chi connectivity index (χ2v) is 13.6.